The van der Waals surface area contributed by atoms with Gasteiger partial charge in [-0.25, -0.2) is 4.79 Å². The third-order valence-electron chi connectivity index (χ3n) is 5.15. The van der Waals surface area contributed by atoms with E-state index in [1.807, 2.05) is 24.3 Å². The number of carbonyl (C=O) groups is 2. The Morgan fingerprint density at radius 3 is 2.50 bits per heavy atom. The van der Waals surface area contributed by atoms with Crippen molar-refractivity contribution < 1.29 is 28.7 Å². The number of ether oxygens (including phenoxy) is 3. The number of rotatable bonds is 4. The number of carbonyl (C=O) groups excluding carboxylic acids is 2. The monoisotopic (exact) mass is 412 g/mol. The van der Waals surface area contributed by atoms with Gasteiger partial charge in [-0.15, -0.1) is 0 Å². The average Bonchev–Trinajstić information content (AvgIpc) is 2.77. The summed E-state index contributed by atoms with van der Waals surface area (Å²) in [5.74, 6) is -0.888. The Morgan fingerprint density at radius 1 is 1.13 bits per heavy atom. The van der Waals surface area contributed by atoms with Crippen LogP contribution in [-0.4, -0.2) is 47.6 Å². The number of amides is 1. The first-order chi connectivity index (χ1) is 14.4. The summed E-state index contributed by atoms with van der Waals surface area (Å²) >= 11 is 0. The average molecular weight is 412 g/mol. The first-order valence-electron chi connectivity index (χ1n) is 9.58. The van der Waals surface area contributed by atoms with Crippen LogP contribution in [0.25, 0.3) is 0 Å². The Kier molecular flexibility index (Phi) is 5.26. The zero-order valence-electron chi connectivity index (χ0n) is 16.3. The summed E-state index contributed by atoms with van der Waals surface area (Å²) in [5.41, 5.74) is 1.50. The molecule has 4 rings (SSSR count). The molecule has 0 aromatic heterocycles. The molecule has 156 valence electrons. The molecule has 9 nitrogen and oxygen atoms in total. The van der Waals surface area contributed by atoms with Crippen molar-refractivity contribution in [3.63, 3.8) is 0 Å². The summed E-state index contributed by atoms with van der Waals surface area (Å²) in [5, 5.41) is 11.4. The Morgan fingerprint density at radius 2 is 1.80 bits per heavy atom. The lowest BCUT2D eigenvalue weighted by Crippen LogP contribution is -2.42. The van der Waals surface area contributed by atoms with E-state index < -0.39 is 22.7 Å². The largest absolute Gasteiger partial charge is 0.486 e. The molecule has 0 fully saturated rings. The maximum Gasteiger partial charge on any atom is 0.346 e. The van der Waals surface area contributed by atoms with Crippen LogP contribution in [0.3, 0.4) is 0 Å². The van der Waals surface area contributed by atoms with Crippen molar-refractivity contribution in [2.75, 3.05) is 19.8 Å². The van der Waals surface area contributed by atoms with E-state index >= 15 is 0 Å². The van der Waals surface area contributed by atoms with Gasteiger partial charge in [0.2, 0.25) is 0 Å². The van der Waals surface area contributed by atoms with E-state index in [1.54, 1.807) is 4.90 Å². The van der Waals surface area contributed by atoms with Crippen molar-refractivity contribution in [1.82, 2.24) is 4.90 Å². The van der Waals surface area contributed by atoms with Gasteiger partial charge in [-0.05, 0) is 24.5 Å². The summed E-state index contributed by atoms with van der Waals surface area (Å²) in [6.07, 6.45) is -0.369. The molecule has 2 heterocycles. The van der Waals surface area contributed by atoms with Crippen LogP contribution in [0.15, 0.2) is 36.4 Å². The number of fused-ring (bicyclic) bond motifs is 2. The SMILES string of the molecule is C[C@H](OC(=O)c1cc2c(cc1[N+](=O)[O-])OCCO2)C(=O)N1CCc2ccccc2C1. The topological polar surface area (TPSA) is 108 Å². The lowest BCUT2D eigenvalue weighted by Gasteiger charge is -2.30. The number of esters is 1. The fourth-order valence-electron chi connectivity index (χ4n) is 3.61. The molecule has 0 radical (unpaired) electrons. The highest BCUT2D eigenvalue weighted by atomic mass is 16.6. The van der Waals surface area contributed by atoms with Crippen LogP contribution < -0.4 is 9.47 Å². The lowest BCUT2D eigenvalue weighted by molar-refractivity contribution is -0.385. The molecule has 1 amide bonds. The molecule has 0 saturated carbocycles. The maximum absolute atomic E-state index is 12.8. The summed E-state index contributed by atoms with van der Waals surface area (Å²) in [4.78, 5) is 37.8. The predicted molar refractivity (Wildman–Crippen MR) is 105 cm³/mol. The first kappa shape index (κ1) is 19.7. The second kappa shape index (κ2) is 8.02. The van der Waals surface area contributed by atoms with E-state index in [0.29, 0.717) is 13.1 Å². The molecule has 0 spiro atoms. The molecule has 0 N–H and O–H groups in total. The van der Waals surface area contributed by atoms with Crippen molar-refractivity contribution in [1.29, 1.82) is 0 Å². The molecular weight excluding hydrogens is 392 g/mol. The highest BCUT2D eigenvalue weighted by molar-refractivity contribution is 5.96. The normalized spacial score (nSPS) is 15.7. The Balaban J connectivity index is 1.50. The van der Waals surface area contributed by atoms with E-state index in [4.69, 9.17) is 14.2 Å². The van der Waals surface area contributed by atoms with Crippen LogP contribution in [0.5, 0.6) is 11.5 Å². The molecule has 2 aromatic carbocycles. The molecule has 2 aliphatic heterocycles. The van der Waals surface area contributed by atoms with Crippen LogP contribution in [-0.2, 0) is 22.5 Å². The van der Waals surface area contributed by atoms with Crippen molar-refractivity contribution >= 4 is 17.6 Å². The molecule has 30 heavy (non-hydrogen) atoms. The number of nitro benzene ring substituents is 1. The molecule has 1 atom stereocenters. The van der Waals surface area contributed by atoms with Crippen molar-refractivity contribution in [2.45, 2.75) is 26.0 Å². The third kappa shape index (κ3) is 3.78. The van der Waals surface area contributed by atoms with Gasteiger partial charge in [0.05, 0.1) is 11.0 Å². The van der Waals surface area contributed by atoms with Gasteiger partial charge in [0.15, 0.2) is 17.6 Å². The summed E-state index contributed by atoms with van der Waals surface area (Å²) in [6, 6.07) is 10.2. The van der Waals surface area contributed by atoms with Crippen molar-refractivity contribution in [3.05, 3.63) is 63.2 Å². The number of hydrogen-bond donors (Lipinski definition) is 0. The molecular formula is C21H20N2O7. The molecule has 2 aliphatic rings. The number of nitro groups is 1. The zero-order valence-corrected chi connectivity index (χ0v) is 16.3. The lowest BCUT2D eigenvalue weighted by atomic mass is 9.99. The van der Waals surface area contributed by atoms with Crippen LogP contribution in [0.4, 0.5) is 5.69 Å². The molecule has 2 aromatic rings. The van der Waals surface area contributed by atoms with E-state index in [2.05, 4.69) is 0 Å². The number of nitrogens with zero attached hydrogens (tertiary/aromatic N) is 2. The minimum atomic E-state index is -1.09. The Labute approximate surface area is 172 Å². The van der Waals surface area contributed by atoms with Crippen molar-refractivity contribution in [3.8, 4) is 11.5 Å². The van der Waals surface area contributed by atoms with E-state index in [9.17, 15) is 19.7 Å². The fraction of sp³-hybridized carbons (Fsp3) is 0.333. The van der Waals surface area contributed by atoms with Gasteiger partial charge >= 0.3 is 5.97 Å². The second-order valence-corrected chi connectivity index (χ2v) is 7.10. The van der Waals surface area contributed by atoms with Gasteiger partial charge in [0.1, 0.15) is 18.8 Å². The van der Waals surface area contributed by atoms with Crippen LogP contribution >= 0.6 is 0 Å². The van der Waals surface area contributed by atoms with Crippen LogP contribution in [0, 0.1) is 10.1 Å². The highest BCUT2D eigenvalue weighted by Gasteiger charge is 2.31. The highest BCUT2D eigenvalue weighted by Crippen LogP contribution is 2.37. The predicted octanol–water partition coefficient (Wildman–Crippen LogP) is 2.50. The standard InChI is InChI=1S/C21H20N2O7/c1-13(20(24)22-7-6-14-4-2-3-5-15(14)12-22)30-21(25)16-10-18-19(29-9-8-28-18)11-17(16)23(26)27/h2-5,10-11,13H,6-9,12H2,1H3/t13-/m0/s1. The van der Waals surface area contributed by atoms with Gasteiger partial charge in [0.25, 0.3) is 11.6 Å². The molecule has 0 saturated heterocycles. The van der Waals surface area contributed by atoms with Gasteiger partial charge in [-0.2, -0.15) is 0 Å². The Bertz CT molecular complexity index is 1020. The van der Waals surface area contributed by atoms with E-state index in [-0.39, 0.29) is 36.2 Å². The minimum absolute atomic E-state index is 0.195. The second-order valence-electron chi connectivity index (χ2n) is 7.10. The fourth-order valence-corrected chi connectivity index (χ4v) is 3.61. The zero-order chi connectivity index (χ0) is 21.3. The van der Waals surface area contributed by atoms with Gasteiger partial charge in [0, 0.05) is 19.2 Å². The van der Waals surface area contributed by atoms with Gasteiger partial charge in [-0.1, -0.05) is 24.3 Å². The molecule has 9 heteroatoms. The summed E-state index contributed by atoms with van der Waals surface area (Å²) < 4.78 is 16.0. The maximum atomic E-state index is 12.8. The van der Waals surface area contributed by atoms with Crippen LogP contribution in [0.2, 0.25) is 0 Å². The van der Waals surface area contributed by atoms with Gasteiger partial charge in [-0.3, -0.25) is 14.9 Å². The Hall–Kier alpha value is -3.62. The van der Waals surface area contributed by atoms with E-state index in [1.165, 1.54) is 18.6 Å². The van der Waals surface area contributed by atoms with Crippen molar-refractivity contribution in [2.24, 2.45) is 0 Å². The number of benzene rings is 2. The third-order valence-corrected chi connectivity index (χ3v) is 5.15. The van der Waals surface area contributed by atoms with Gasteiger partial charge < -0.3 is 19.1 Å². The molecule has 0 aliphatic carbocycles. The number of hydrogen-bond acceptors (Lipinski definition) is 7. The first-order valence-corrected chi connectivity index (χ1v) is 9.58. The summed E-state index contributed by atoms with van der Waals surface area (Å²) in [6.45, 7) is 2.94. The molecule has 0 unspecified atom stereocenters. The smallest absolute Gasteiger partial charge is 0.346 e. The van der Waals surface area contributed by atoms with E-state index in [0.717, 1.165) is 18.1 Å². The quantitative estimate of drug-likeness (QED) is 0.431. The minimum Gasteiger partial charge on any atom is -0.486 e. The summed E-state index contributed by atoms with van der Waals surface area (Å²) in [7, 11) is 0. The van der Waals surface area contributed by atoms with Crippen LogP contribution in [0.1, 0.15) is 28.4 Å². The molecule has 0 bridgehead atoms.